The van der Waals surface area contributed by atoms with E-state index in [0.717, 1.165) is 19.4 Å². The standard InChI is InChI=1S/C7H13N3O2/c8-9-5-10-3-1-2-6(4-10)7(11)12/h5-6H,1-4,8H2,(H,11,12)/b9-5+. The van der Waals surface area contributed by atoms with E-state index in [9.17, 15) is 4.79 Å². The lowest BCUT2D eigenvalue weighted by molar-refractivity contribution is -0.143. The molecule has 0 amide bonds. The Morgan fingerprint density at radius 2 is 2.50 bits per heavy atom. The normalized spacial score (nSPS) is 24.7. The van der Waals surface area contributed by atoms with Crippen LogP contribution in [0.4, 0.5) is 0 Å². The molecule has 5 nitrogen and oxygen atoms in total. The third-order valence-corrected chi connectivity index (χ3v) is 2.03. The van der Waals surface area contributed by atoms with Crippen molar-refractivity contribution in [3.63, 3.8) is 0 Å². The van der Waals surface area contributed by atoms with E-state index in [1.54, 1.807) is 0 Å². The zero-order valence-corrected chi connectivity index (χ0v) is 6.81. The Morgan fingerprint density at radius 1 is 1.75 bits per heavy atom. The van der Waals surface area contributed by atoms with E-state index in [4.69, 9.17) is 10.9 Å². The number of carboxylic acids is 1. The third kappa shape index (κ3) is 2.11. The minimum atomic E-state index is -0.731. The molecule has 1 rings (SSSR count). The lowest BCUT2D eigenvalue weighted by atomic mass is 9.99. The Kier molecular flexibility index (Phi) is 2.90. The van der Waals surface area contributed by atoms with Crippen LogP contribution in [0.3, 0.4) is 0 Å². The first-order valence-corrected chi connectivity index (χ1v) is 3.94. The molecule has 0 spiro atoms. The second kappa shape index (κ2) is 3.94. The molecule has 1 saturated heterocycles. The summed E-state index contributed by atoms with van der Waals surface area (Å²) in [6.45, 7) is 1.38. The van der Waals surface area contributed by atoms with Crippen LogP contribution in [0.1, 0.15) is 12.8 Å². The highest BCUT2D eigenvalue weighted by molar-refractivity contribution is 5.71. The molecule has 1 heterocycles. The van der Waals surface area contributed by atoms with Gasteiger partial charge in [-0.05, 0) is 12.8 Å². The van der Waals surface area contributed by atoms with Crippen molar-refractivity contribution in [3.05, 3.63) is 0 Å². The van der Waals surface area contributed by atoms with Crippen LogP contribution < -0.4 is 5.84 Å². The molecule has 1 aliphatic heterocycles. The first kappa shape index (κ1) is 8.83. The molecule has 68 valence electrons. The summed E-state index contributed by atoms with van der Waals surface area (Å²) in [5.41, 5.74) is 0. The topological polar surface area (TPSA) is 78.9 Å². The second-order valence-electron chi connectivity index (χ2n) is 2.94. The number of nitrogens with two attached hydrogens (primary N) is 1. The average Bonchev–Trinajstić information content (AvgIpc) is 2.05. The number of carboxylic acid groups (broad SMARTS) is 1. The summed E-state index contributed by atoms with van der Waals surface area (Å²) in [7, 11) is 0. The molecule has 1 fully saturated rings. The van der Waals surface area contributed by atoms with Crippen molar-refractivity contribution in [1.29, 1.82) is 0 Å². The fraction of sp³-hybridized carbons (Fsp3) is 0.714. The summed E-state index contributed by atoms with van der Waals surface area (Å²) in [5, 5.41) is 12.1. The van der Waals surface area contributed by atoms with Gasteiger partial charge in [0, 0.05) is 13.1 Å². The number of aliphatic carboxylic acids is 1. The van der Waals surface area contributed by atoms with E-state index >= 15 is 0 Å². The van der Waals surface area contributed by atoms with E-state index in [0.29, 0.717) is 6.54 Å². The monoisotopic (exact) mass is 171 g/mol. The number of piperidine rings is 1. The average molecular weight is 171 g/mol. The van der Waals surface area contributed by atoms with Crippen LogP contribution in [0.15, 0.2) is 5.10 Å². The van der Waals surface area contributed by atoms with Gasteiger partial charge in [-0.25, -0.2) is 0 Å². The van der Waals surface area contributed by atoms with Crippen LogP contribution in [-0.4, -0.2) is 35.4 Å². The van der Waals surface area contributed by atoms with Gasteiger partial charge in [0.2, 0.25) is 0 Å². The molecular formula is C7H13N3O2. The van der Waals surface area contributed by atoms with Gasteiger partial charge in [0.15, 0.2) is 0 Å². The van der Waals surface area contributed by atoms with Gasteiger partial charge >= 0.3 is 5.97 Å². The molecule has 1 atom stereocenters. The van der Waals surface area contributed by atoms with Crippen molar-refractivity contribution < 1.29 is 9.90 Å². The SMILES string of the molecule is N/N=C/N1CCCC(C(=O)O)C1. The molecule has 0 bridgehead atoms. The molecule has 12 heavy (non-hydrogen) atoms. The lowest BCUT2D eigenvalue weighted by Gasteiger charge is -2.28. The second-order valence-corrected chi connectivity index (χ2v) is 2.94. The number of hydrogen-bond donors (Lipinski definition) is 2. The Bertz CT molecular complexity index is 193. The first-order chi connectivity index (χ1) is 5.74. The molecule has 0 radical (unpaired) electrons. The van der Waals surface area contributed by atoms with Crippen molar-refractivity contribution in [2.75, 3.05) is 13.1 Å². The maximum atomic E-state index is 10.6. The fourth-order valence-corrected chi connectivity index (χ4v) is 1.41. The van der Waals surface area contributed by atoms with Crippen LogP contribution in [-0.2, 0) is 4.79 Å². The van der Waals surface area contributed by atoms with Crippen molar-refractivity contribution in [2.24, 2.45) is 16.9 Å². The summed E-state index contributed by atoms with van der Waals surface area (Å²) >= 11 is 0. The van der Waals surface area contributed by atoms with Crippen LogP contribution in [0.25, 0.3) is 0 Å². The lowest BCUT2D eigenvalue weighted by Crippen LogP contribution is -2.37. The molecule has 1 unspecified atom stereocenters. The highest BCUT2D eigenvalue weighted by atomic mass is 16.4. The van der Waals surface area contributed by atoms with Crippen molar-refractivity contribution in [1.82, 2.24) is 4.90 Å². The van der Waals surface area contributed by atoms with Gasteiger partial charge in [0.1, 0.15) is 6.34 Å². The van der Waals surface area contributed by atoms with Crippen molar-refractivity contribution in [2.45, 2.75) is 12.8 Å². The molecule has 0 saturated carbocycles. The van der Waals surface area contributed by atoms with Gasteiger partial charge in [-0.1, -0.05) is 0 Å². The molecule has 0 aromatic rings. The highest BCUT2D eigenvalue weighted by Crippen LogP contribution is 2.14. The number of nitrogens with zero attached hydrogens (tertiary/aromatic N) is 2. The molecule has 1 aliphatic rings. The summed E-state index contributed by atoms with van der Waals surface area (Å²) in [4.78, 5) is 12.4. The summed E-state index contributed by atoms with van der Waals surface area (Å²) in [5.74, 6) is 3.96. The predicted octanol–water partition coefficient (Wildman–Crippen LogP) is -0.315. The van der Waals surface area contributed by atoms with Gasteiger partial charge in [-0.15, -0.1) is 0 Å². The van der Waals surface area contributed by atoms with E-state index in [-0.39, 0.29) is 5.92 Å². The molecule has 0 aromatic carbocycles. The van der Waals surface area contributed by atoms with E-state index in [1.165, 1.54) is 6.34 Å². The van der Waals surface area contributed by atoms with E-state index in [1.807, 2.05) is 4.90 Å². The highest BCUT2D eigenvalue weighted by Gasteiger charge is 2.23. The Hall–Kier alpha value is -1.26. The Labute approximate surface area is 70.8 Å². The first-order valence-electron chi connectivity index (χ1n) is 3.94. The zero-order valence-electron chi connectivity index (χ0n) is 6.81. The summed E-state index contributed by atoms with van der Waals surface area (Å²) in [6.07, 6.45) is 3.14. The van der Waals surface area contributed by atoms with Crippen LogP contribution >= 0.6 is 0 Å². The van der Waals surface area contributed by atoms with Gasteiger partial charge < -0.3 is 15.8 Å². The summed E-state index contributed by atoms with van der Waals surface area (Å²) in [6, 6.07) is 0. The van der Waals surface area contributed by atoms with Crippen LogP contribution in [0, 0.1) is 5.92 Å². The Morgan fingerprint density at radius 3 is 3.08 bits per heavy atom. The van der Waals surface area contributed by atoms with Crippen LogP contribution in [0.5, 0.6) is 0 Å². The van der Waals surface area contributed by atoms with Crippen molar-refractivity contribution >= 4 is 12.3 Å². The van der Waals surface area contributed by atoms with Gasteiger partial charge in [0.05, 0.1) is 5.92 Å². The van der Waals surface area contributed by atoms with Gasteiger partial charge in [0.25, 0.3) is 0 Å². The molecule has 3 N–H and O–H groups in total. The zero-order chi connectivity index (χ0) is 8.97. The van der Waals surface area contributed by atoms with Crippen molar-refractivity contribution in [3.8, 4) is 0 Å². The third-order valence-electron chi connectivity index (χ3n) is 2.03. The predicted molar refractivity (Wildman–Crippen MR) is 44.6 cm³/mol. The molecule has 5 heteroatoms. The Balaban J connectivity index is 2.45. The largest absolute Gasteiger partial charge is 0.481 e. The number of hydrazone groups is 1. The maximum Gasteiger partial charge on any atom is 0.308 e. The fourth-order valence-electron chi connectivity index (χ4n) is 1.41. The molecule has 0 aliphatic carbocycles. The minimum absolute atomic E-state index is 0.267. The number of carbonyl (C=O) groups is 1. The number of likely N-dealkylation sites (tertiary alicyclic amines) is 1. The van der Waals surface area contributed by atoms with Gasteiger partial charge in [-0.3, -0.25) is 4.79 Å². The smallest absolute Gasteiger partial charge is 0.308 e. The molecule has 0 aromatic heterocycles. The minimum Gasteiger partial charge on any atom is -0.481 e. The van der Waals surface area contributed by atoms with Crippen LogP contribution in [0.2, 0.25) is 0 Å². The van der Waals surface area contributed by atoms with Gasteiger partial charge in [-0.2, -0.15) is 5.10 Å². The summed E-state index contributed by atoms with van der Waals surface area (Å²) < 4.78 is 0. The maximum absolute atomic E-state index is 10.6. The number of rotatable bonds is 2. The number of hydrogen-bond acceptors (Lipinski definition) is 3. The van der Waals surface area contributed by atoms with E-state index < -0.39 is 5.97 Å². The quantitative estimate of drug-likeness (QED) is 0.258. The van der Waals surface area contributed by atoms with E-state index in [2.05, 4.69) is 5.10 Å². The molecular weight excluding hydrogens is 158 g/mol.